The lowest BCUT2D eigenvalue weighted by atomic mass is 10.3. The van der Waals surface area contributed by atoms with Crippen LogP contribution in [0.25, 0.3) is 0 Å². The van der Waals surface area contributed by atoms with E-state index in [9.17, 15) is 4.79 Å². The Balaban J connectivity index is 2.15. The minimum absolute atomic E-state index is 0.273. The molecule has 90 valence electrons. The normalized spacial score (nSPS) is 10.5. The highest BCUT2D eigenvalue weighted by atomic mass is 35.5. The van der Waals surface area contributed by atoms with E-state index in [0.29, 0.717) is 17.4 Å². The van der Waals surface area contributed by atoms with E-state index in [1.807, 2.05) is 7.05 Å². The third kappa shape index (κ3) is 2.81. The lowest BCUT2D eigenvalue weighted by molar-refractivity contribution is 0.515. The zero-order valence-electron chi connectivity index (χ0n) is 8.91. The van der Waals surface area contributed by atoms with Crippen molar-refractivity contribution >= 4 is 29.0 Å². The molecule has 0 aliphatic carbocycles. The molecule has 0 aromatic carbocycles. The first-order chi connectivity index (χ1) is 8.06. The Morgan fingerprint density at radius 1 is 1.53 bits per heavy atom. The molecular weight excluding hydrogens is 265 g/mol. The highest BCUT2D eigenvalue weighted by Gasteiger charge is 2.07. The van der Waals surface area contributed by atoms with Crippen molar-refractivity contribution in [2.45, 2.75) is 6.54 Å². The van der Waals surface area contributed by atoms with E-state index < -0.39 is 5.76 Å². The average molecular weight is 274 g/mol. The van der Waals surface area contributed by atoms with Crippen LogP contribution in [0, 0.1) is 0 Å². The van der Waals surface area contributed by atoms with Gasteiger partial charge in [-0.25, -0.2) is 9.78 Å². The molecule has 2 aromatic heterocycles. The van der Waals surface area contributed by atoms with Gasteiger partial charge in [0.2, 0.25) is 0 Å². The van der Waals surface area contributed by atoms with E-state index in [0.717, 1.165) is 5.56 Å². The monoisotopic (exact) mass is 273 g/mol. The Bertz CT molecular complexity index is 579. The van der Waals surface area contributed by atoms with Gasteiger partial charge in [0.1, 0.15) is 17.2 Å². The summed E-state index contributed by atoms with van der Waals surface area (Å²) in [4.78, 5) is 19.1. The van der Waals surface area contributed by atoms with Crippen LogP contribution in [0.1, 0.15) is 5.56 Å². The maximum atomic E-state index is 10.8. The fourth-order valence-electron chi connectivity index (χ4n) is 1.36. The van der Waals surface area contributed by atoms with Crippen molar-refractivity contribution in [3.8, 4) is 0 Å². The largest absolute Gasteiger partial charge is 0.417 e. The van der Waals surface area contributed by atoms with E-state index >= 15 is 0 Å². The second-order valence-electron chi connectivity index (χ2n) is 3.51. The van der Waals surface area contributed by atoms with Crippen molar-refractivity contribution in [1.29, 1.82) is 0 Å². The van der Waals surface area contributed by atoms with Crippen LogP contribution in [-0.2, 0) is 6.54 Å². The molecule has 5 nitrogen and oxygen atoms in total. The van der Waals surface area contributed by atoms with Gasteiger partial charge >= 0.3 is 5.76 Å². The number of hydrogen-bond acceptors (Lipinski definition) is 4. The number of halogens is 2. The van der Waals surface area contributed by atoms with Crippen molar-refractivity contribution in [2.75, 3.05) is 11.9 Å². The first-order valence-corrected chi connectivity index (χ1v) is 5.50. The van der Waals surface area contributed by atoms with Gasteiger partial charge in [0.15, 0.2) is 0 Å². The van der Waals surface area contributed by atoms with Crippen molar-refractivity contribution in [2.24, 2.45) is 0 Å². The number of nitrogens with zero attached hydrogens (tertiary/aromatic N) is 2. The van der Waals surface area contributed by atoms with Crippen LogP contribution in [-0.4, -0.2) is 17.0 Å². The second-order valence-corrected chi connectivity index (χ2v) is 4.27. The SMILES string of the molecule is CN(Cc1cnc(Cl)c(Cl)c1)c1coc(=O)[nH]1. The molecule has 0 unspecified atom stereocenters. The molecule has 1 N–H and O–H groups in total. The molecule has 0 bridgehead atoms. The molecule has 2 aromatic rings. The number of oxazole rings is 1. The summed E-state index contributed by atoms with van der Waals surface area (Å²) in [5.41, 5.74) is 0.879. The number of pyridine rings is 1. The Labute approximate surface area is 107 Å². The number of hydrogen-bond donors (Lipinski definition) is 1. The average Bonchev–Trinajstić information content (AvgIpc) is 2.70. The quantitative estimate of drug-likeness (QED) is 0.872. The van der Waals surface area contributed by atoms with Crippen LogP contribution < -0.4 is 10.7 Å². The Morgan fingerprint density at radius 2 is 2.29 bits per heavy atom. The predicted molar refractivity (Wildman–Crippen MR) is 65.7 cm³/mol. The van der Waals surface area contributed by atoms with Gasteiger partial charge in [0.25, 0.3) is 0 Å². The zero-order chi connectivity index (χ0) is 12.4. The van der Waals surface area contributed by atoms with E-state index in [4.69, 9.17) is 23.2 Å². The molecule has 17 heavy (non-hydrogen) atoms. The van der Waals surface area contributed by atoms with Crippen LogP contribution in [0.5, 0.6) is 0 Å². The number of aromatic amines is 1. The first kappa shape index (κ1) is 12.0. The van der Waals surface area contributed by atoms with Gasteiger partial charge in [-0.15, -0.1) is 0 Å². The summed E-state index contributed by atoms with van der Waals surface area (Å²) in [6, 6.07) is 1.73. The number of nitrogens with one attached hydrogen (secondary N) is 1. The standard InChI is InChI=1S/C10H9Cl2N3O2/c1-15(8-5-17-10(16)14-8)4-6-2-7(11)9(12)13-3-6/h2-3,5H,4H2,1H3,(H,14,16). The van der Waals surface area contributed by atoms with Crippen LogP contribution >= 0.6 is 23.2 Å². The Kier molecular flexibility index (Phi) is 3.40. The first-order valence-electron chi connectivity index (χ1n) is 4.75. The van der Waals surface area contributed by atoms with Crippen LogP contribution in [0.15, 0.2) is 27.7 Å². The summed E-state index contributed by atoms with van der Waals surface area (Å²) < 4.78 is 4.65. The van der Waals surface area contributed by atoms with E-state index in [-0.39, 0.29) is 5.15 Å². The van der Waals surface area contributed by atoms with Gasteiger partial charge in [-0.3, -0.25) is 4.98 Å². The molecule has 0 atom stereocenters. The van der Waals surface area contributed by atoms with Crippen molar-refractivity contribution in [3.05, 3.63) is 44.8 Å². The fraction of sp³-hybridized carbons (Fsp3) is 0.200. The second kappa shape index (κ2) is 4.81. The Hall–Kier alpha value is -1.46. The summed E-state index contributed by atoms with van der Waals surface area (Å²) in [5, 5.41) is 0.674. The van der Waals surface area contributed by atoms with E-state index in [2.05, 4.69) is 14.4 Å². The van der Waals surface area contributed by atoms with E-state index in [1.54, 1.807) is 17.2 Å². The summed E-state index contributed by atoms with van der Waals surface area (Å²) >= 11 is 11.6. The van der Waals surface area contributed by atoms with Crippen molar-refractivity contribution in [1.82, 2.24) is 9.97 Å². The van der Waals surface area contributed by atoms with Gasteiger partial charge in [0.05, 0.1) is 5.02 Å². The summed E-state index contributed by atoms with van der Waals surface area (Å²) in [6.07, 6.45) is 2.98. The van der Waals surface area contributed by atoms with Gasteiger partial charge in [-0.2, -0.15) is 0 Å². The van der Waals surface area contributed by atoms with Crippen LogP contribution in [0.3, 0.4) is 0 Å². The molecule has 0 aliphatic heterocycles. The van der Waals surface area contributed by atoms with Gasteiger partial charge in [0, 0.05) is 19.8 Å². The Morgan fingerprint density at radius 3 is 2.88 bits per heavy atom. The highest BCUT2D eigenvalue weighted by Crippen LogP contribution is 2.21. The molecule has 7 heteroatoms. The van der Waals surface area contributed by atoms with Crippen LogP contribution in [0.4, 0.5) is 5.82 Å². The lowest BCUT2D eigenvalue weighted by Crippen LogP contribution is -2.17. The topological polar surface area (TPSA) is 62.1 Å². The maximum absolute atomic E-state index is 10.8. The molecule has 0 spiro atoms. The molecule has 2 rings (SSSR count). The van der Waals surface area contributed by atoms with Gasteiger partial charge in [-0.1, -0.05) is 23.2 Å². The van der Waals surface area contributed by atoms with Crippen molar-refractivity contribution in [3.63, 3.8) is 0 Å². The van der Waals surface area contributed by atoms with Gasteiger partial charge < -0.3 is 9.32 Å². The molecule has 0 aliphatic rings. The smallest absolute Gasteiger partial charge is 0.414 e. The van der Waals surface area contributed by atoms with Crippen LogP contribution in [0.2, 0.25) is 10.2 Å². The molecule has 0 fully saturated rings. The molecule has 0 amide bonds. The molecule has 0 saturated carbocycles. The zero-order valence-corrected chi connectivity index (χ0v) is 10.4. The highest BCUT2D eigenvalue weighted by molar-refractivity contribution is 6.41. The maximum Gasteiger partial charge on any atom is 0.417 e. The molecule has 0 saturated heterocycles. The fourth-order valence-corrected chi connectivity index (χ4v) is 1.66. The predicted octanol–water partition coefficient (Wildman–Crippen LogP) is 2.31. The number of anilines is 1. The summed E-state index contributed by atoms with van der Waals surface area (Å²) in [5.74, 6) is 0.0974. The van der Waals surface area contributed by atoms with E-state index in [1.165, 1.54) is 6.26 Å². The third-order valence-corrected chi connectivity index (χ3v) is 2.88. The third-order valence-electron chi connectivity index (χ3n) is 2.19. The number of rotatable bonds is 3. The summed E-state index contributed by atoms with van der Waals surface area (Å²) in [7, 11) is 1.81. The molecule has 2 heterocycles. The lowest BCUT2D eigenvalue weighted by Gasteiger charge is -2.15. The molecular formula is C10H9Cl2N3O2. The minimum Gasteiger partial charge on any atom is -0.414 e. The number of H-pyrrole nitrogens is 1. The summed E-state index contributed by atoms with van der Waals surface area (Å²) in [6.45, 7) is 0.527. The van der Waals surface area contributed by atoms with Gasteiger partial charge in [-0.05, 0) is 11.6 Å². The number of aromatic nitrogens is 2. The van der Waals surface area contributed by atoms with Crippen molar-refractivity contribution < 1.29 is 4.42 Å². The molecule has 0 radical (unpaired) electrons. The minimum atomic E-state index is -0.487.